The Morgan fingerprint density at radius 1 is 1.67 bits per heavy atom. The second-order valence-electron chi connectivity index (χ2n) is 3.99. The molecule has 0 aromatic rings. The minimum atomic E-state index is -0.219. The third kappa shape index (κ3) is 2.44. The Bertz CT molecular complexity index is 138. The minimum Gasteiger partial charge on any atom is -0.392 e. The molecule has 3 N–H and O–H groups in total. The van der Waals surface area contributed by atoms with Crippen LogP contribution in [0.2, 0.25) is 0 Å². The van der Waals surface area contributed by atoms with Crippen molar-refractivity contribution in [2.24, 2.45) is 11.7 Å². The van der Waals surface area contributed by atoms with Crippen LogP contribution in [0.3, 0.4) is 0 Å². The van der Waals surface area contributed by atoms with Gasteiger partial charge in [-0.05, 0) is 32.7 Å². The zero-order valence-electron chi connectivity index (χ0n) is 8.03. The molecule has 3 nitrogen and oxygen atoms in total. The Morgan fingerprint density at radius 2 is 2.33 bits per heavy atom. The summed E-state index contributed by atoms with van der Waals surface area (Å²) >= 11 is 0. The Hall–Kier alpha value is -0.120. The molecule has 12 heavy (non-hydrogen) atoms. The van der Waals surface area contributed by atoms with Gasteiger partial charge in [0, 0.05) is 19.1 Å². The number of β-amino-alcohol motifs (C(OH)–C–C–N with tert-alkyl or cyclic N) is 1. The smallest absolute Gasteiger partial charge is 0.0639 e. The van der Waals surface area contributed by atoms with Crippen LogP contribution in [0.25, 0.3) is 0 Å². The van der Waals surface area contributed by atoms with E-state index in [9.17, 15) is 5.11 Å². The number of aliphatic hydroxyl groups excluding tert-OH is 1. The van der Waals surface area contributed by atoms with Gasteiger partial charge in [-0.2, -0.15) is 0 Å². The number of aliphatic hydroxyl groups is 1. The summed E-state index contributed by atoms with van der Waals surface area (Å²) in [6, 6.07) is 0.591. The number of hydrogen-bond donors (Lipinski definition) is 2. The molecule has 0 saturated carbocycles. The maximum Gasteiger partial charge on any atom is 0.0639 e. The van der Waals surface area contributed by atoms with Crippen molar-refractivity contribution in [2.45, 2.75) is 32.4 Å². The van der Waals surface area contributed by atoms with E-state index < -0.39 is 0 Å². The molecule has 2 unspecified atom stereocenters. The van der Waals surface area contributed by atoms with Gasteiger partial charge in [0.15, 0.2) is 0 Å². The van der Waals surface area contributed by atoms with E-state index in [-0.39, 0.29) is 6.10 Å². The molecule has 3 atom stereocenters. The first-order valence-electron chi connectivity index (χ1n) is 4.75. The Morgan fingerprint density at radius 3 is 2.75 bits per heavy atom. The topological polar surface area (TPSA) is 49.5 Å². The summed E-state index contributed by atoms with van der Waals surface area (Å²) < 4.78 is 0. The number of rotatable bonds is 3. The van der Waals surface area contributed by atoms with Gasteiger partial charge in [-0.15, -0.1) is 0 Å². The summed E-state index contributed by atoms with van der Waals surface area (Å²) in [5.74, 6) is 0.638. The lowest BCUT2D eigenvalue weighted by molar-refractivity contribution is 0.122. The summed E-state index contributed by atoms with van der Waals surface area (Å²) in [5.41, 5.74) is 5.60. The van der Waals surface area contributed by atoms with Crippen LogP contribution in [0, 0.1) is 5.92 Å². The van der Waals surface area contributed by atoms with E-state index in [1.165, 1.54) is 6.42 Å². The van der Waals surface area contributed by atoms with Crippen molar-refractivity contribution in [3.8, 4) is 0 Å². The summed E-state index contributed by atoms with van der Waals surface area (Å²) in [7, 11) is 0. The van der Waals surface area contributed by atoms with Crippen LogP contribution in [0.5, 0.6) is 0 Å². The predicted octanol–water partition coefficient (Wildman–Crippen LogP) is 0.0363. The molecule has 1 heterocycles. The summed E-state index contributed by atoms with van der Waals surface area (Å²) in [4.78, 5) is 2.32. The first-order valence-corrected chi connectivity index (χ1v) is 4.75. The zero-order chi connectivity index (χ0) is 9.14. The van der Waals surface area contributed by atoms with Crippen molar-refractivity contribution < 1.29 is 5.11 Å². The molecule has 0 spiro atoms. The van der Waals surface area contributed by atoms with E-state index >= 15 is 0 Å². The lowest BCUT2D eigenvalue weighted by Gasteiger charge is -2.22. The molecule has 0 radical (unpaired) electrons. The highest BCUT2D eigenvalue weighted by molar-refractivity contribution is 4.83. The van der Waals surface area contributed by atoms with Crippen LogP contribution >= 0.6 is 0 Å². The van der Waals surface area contributed by atoms with Gasteiger partial charge in [-0.1, -0.05) is 0 Å². The molecule has 1 saturated heterocycles. The van der Waals surface area contributed by atoms with Crippen molar-refractivity contribution in [1.82, 2.24) is 4.90 Å². The second-order valence-corrected chi connectivity index (χ2v) is 3.99. The molecule has 0 aliphatic carbocycles. The Balaban J connectivity index is 2.35. The number of likely N-dealkylation sites (tertiary alicyclic amines) is 1. The van der Waals surface area contributed by atoms with Gasteiger partial charge >= 0.3 is 0 Å². The lowest BCUT2D eigenvalue weighted by Crippen LogP contribution is -2.34. The third-order valence-electron chi connectivity index (χ3n) is 2.62. The van der Waals surface area contributed by atoms with Gasteiger partial charge in [0.2, 0.25) is 0 Å². The van der Waals surface area contributed by atoms with Gasteiger partial charge < -0.3 is 10.8 Å². The minimum absolute atomic E-state index is 0.219. The molecule has 1 rings (SSSR count). The van der Waals surface area contributed by atoms with E-state index in [1.807, 2.05) is 6.92 Å². The maximum absolute atomic E-state index is 9.22. The zero-order valence-corrected chi connectivity index (χ0v) is 8.03. The first kappa shape index (κ1) is 9.96. The van der Waals surface area contributed by atoms with Gasteiger partial charge in [-0.25, -0.2) is 0 Å². The summed E-state index contributed by atoms with van der Waals surface area (Å²) in [6.45, 7) is 6.67. The fraction of sp³-hybridized carbons (Fsp3) is 1.00. The van der Waals surface area contributed by atoms with Crippen LogP contribution in [-0.4, -0.2) is 41.8 Å². The quantitative estimate of drug-likeness (QED) is 0.632. The van der Waals surface area contributed by atoms with E-state index in [2.05, 4.69) is 11.8 Å². The molecule has 0 aromatic carbocycles. The Kier molecular flexibility index (Phi) is 3.50. The van der Waals surface area contributed by atoms with Crippen molar-refractivity contribution >= 4 is 0 Å². The predicted molar refractivity (Wildman–Crippen MR) is 49.9 cm³/mol. The highest BCUT2D eigenvalue weighted by atomic mass is 16.3. The van der Waals surface area contributed by atoms with Gasteiger partial charge in [-0.3, -0.25) is 4.90 Å². The van der Waals surface area contributed by atoms with Crippen molar-refractivity contribution in [2.75, 3.05) is 19.6 Å². The SMILES string of the molecule is CC1CC(CN)CN1C[C@@H](C)O. The Labute approximate surface area is 74.5 Å². The fourth-order valence-corrected chi connectivity index (χ4v) is 1.98. The van der Waals surface area contributed by atoms with E-state index in [1.54, 1.807) is 0 Å². The van der Waals surface area contributed by atoms with Gasteiger partial charge in [0.1, 0.15) is 0 Å². The molecule has 1 aliphatic heterocycles. The van der Waals surface area contributed by atoms with Crippen LogP contribution in [-0.2, 0) is 0 Å². The fourth-order valence-electron chi connectivity index (χ4n) is 1.98. The van der Waals surface area contributed by atoms with Gasteiger partial charge in [0.25, 0.3) is 0 Å². The molecule has 0 aromatic heterocycles. The lowest BCUT2D eigenvalue weighted by atomic mass is 10.1. The highest BCUT2D eigenvalue weighted by Crippen LogP contribution is 2.21. The highest BCUT2D eigenvalue weighted by Gasteiger charge is 2.28. The molecule has 3 heteroatoms. The van der Waals surface area contributed by atoms with Crippen molar-refractivity contribution in [1.29, 1.82) is 0 Å². The monoisotopic (exact) mass is 172 g/mol. The standard InChI is InChI=1S/C9H20N2O/c1-7-3-9(4-10)6-11(7)5-8(2)12/h7-9,12H,3-6,10H2,1-2H3/t7?,8-,9?/m1/s1. The van der Waals surface area contributed by atoms with Crippen LogP contribution in [0.4, 0.5) is 0 Å². The molecule has 1 fully saturated rings. The molecule has 0 bridgehead atoms. The largest absolute Gasteiger partial charge is 0.392 e. The molecule has 0 amide bonds. The normalized spacial score (nSPS) is 34.0. The number of hydrogen-bond acceptors (Lipinski definition) is 3. The van der Waals surface area contributed by atoms with Crippen molar-refractivity contribution in [3.63, 3.8) is 0 Å². The molecule has 72 valence electrons. The third-order valence-corrected chi connectivity index (χ3v) is 2.62. The van der Waals surface area contributed by atoms with Crippen molar-refractivity contribution in [3.05, 3.63) is 0 Å². The average molecular weight is 172 g/mol. The molecular weight excluding hydrogens is 152 g/mol. The molecule has 1 aliphatic rings. The number of nitrogens with zero attached hydrogens (tertiary/aromatic N) is 1. The summed E-state index contributed by atoms with van der Waals surface area (Å²) in [6.07, 6.45) is 0.965. The average Bonchev–Trinajstić information content (AvgIpc) is 2.31. The second kappa shape index (κ2) is 4.21. The maximum atomic E-state index is 9.22. The van der Waals surface area contributed by atoms with Crippen LogP contribution in [0.15, 0.2) is 0 Å². The number of nitrogens with two attached hydrogens (primary N) is 1. The van der Waals surface area contributed by atoms with E-state index in [0.29, 0.717) is 12.0 Å². The van der Waals surface area contributed by atoms with E-state index in [0.717, 1.165) is 19.6 Å². The van der Waals surface area contributed by atoms with Gasteiger partial charge in [0.05, 0.1) is 6.10 Å². The molecular formula is C9H20N2O. The van der Waals surface area contributed by atoms with E-state index in [4.69, 9.17) is 5.73 Å². The first-order chi connectivity index (χ1) is 5.63. The van der Waals surface area contributed by atoms with Crippen LogP contribution in [0.1, 0.15) is 20.3 Å². The summed E-state index contributed by atoms with van der Waals surface area (Å²) in [5, 5.41) is 9.22. The van der Waals surface area contributed by atoms with Crippen LogP contribution < -0.4 is 5.73 Å².